The molecule has 0 N–H and O–H groups in total. The van der Waals surface area contributed by atoms with Gasteiger partial charge < -0.3 is 4.90 Å². The van der Waals surface area contributed by atoms with Crippen LogP contribution >= 0.6 is 11.6 Å². The van der Waals surface area contributed by atoms with E-state index >= 15 is 0 Å². The maximum absolute atomic E-state index is 14.0. The summed E-state index contributed by atoms with van der Waals surface area (Å²) in [6.07, 6.45) is -0.905. The fourth-order valence-corrected chi connectivity index (χ4v) is 3.52. The molecule has 4 rings (SSSR count). The molecule has 7 nitrogen and oxygen atoms in total. The molecule has 1 amide bonds. The number of rotatable bonds is 5. The van der Waals surface area contributed by atoms with Crippen molar-refractivity contribution in [2.24, 2.45) is 0 Å². The molecule has 11 heteroatoms. The van der Waals surface area contributed by atoms with E-state index in [1.807, 2.05) is 0 Å². The van der Waals surface area contributed by atoms with Crippen LogP contribution in [0.15, 0.2) is 67.4 Å². The Morgan fingerprint density at radius 2 is 1.67 bits per heavy atom. The molecule has 4 aromatic rings. The van der Waals surface area contributed by atoms with Crippen molar-refractivity contribution in [2.75, 3.05) is 7.05 Å². The van der Waals surface area contributed by atoms with Gasteiger partial charge in [0.25, 0.3) is 5.91 Å². The average molecular weight is 475 g/mol. The Labute approximate surface area is 192 Å². The van der Waals surface area contributed by atoms with E-state index in [1.54, 1.807) is 42.2 Å². The van der Waals surface area contributed by atoms with Gasteiger partial charge in [-0.05, 0) is 48.9 Å². The van der Waals surface area contributed by atoms with Crippen LogP contribution in [0.2, 0.25) is 5.02 Å². The van der Waals surface area contributed by atoms with Crippen molar-refractivity contribution < 1.29 is 18.0 Å². The molecule has 0 saturated carbocycles. The standard InChI is InChI=1S/C22H18ClF3N6O/c1-14(15-3-7-17(8-4-15)31-13-27-12-29-31)30(2)21(33)19-11-28-32(20(19)22(24,25)26)18-9-5-16(23)6-10-18/h3-14H,1-2H3. The lowest BCUT2D eigenvalue weighted by molar-refractivity contribution is -0.143. The first-order chi connectivity index (χ1) is 15.7. The number of hydrogen-bond acceptors (Lipinski definition) is 4. The van der Waals surface area contributed by atoms with Crippen LogP contribution in [0.4, 0.5) is 13.2 Å². The van der Waals surface area contributed by atoms with Crippen LogP contribution in [-0.4, -0.2) is 42.4 Å². The van der Waals surface area contributed by atoms with E-state index in [-0.39, 0.29) is 5.69 Å². The van der Waals surface area contributed by atoms with Gasteiger partial charge in [-0.25, -0.2) is 14.3 Å². The normalized spacial score (nSPS) is 12.5. The van der Waals surface area contributed by atoms with Crippen molar-refractivity contribution in [1.29, 1.82) is 0 Å². The summed E-state index contributed by atoms with van der Waals surface area (Å²) in [5.41, 5.74) is -0.0268. The number of hydrogen-bond donors (Lipinski definition) is 0. The summed E-state index contributed by atoms with van der Waals surface area (Å²) in [5, 5.41) is 8.27. The average Bonchev–Trinajstić information content (AvgIpc) is 3.48. The molecule has 2 aromatic heterocycles. The third-order valence-electron chi connectivity index (χ3n) is 5.30. The van der Waals surface area contributed by atoms with E-state index in [9.17, 15) is 18.0 Å². The fourth-order valence-electron chi connectivity index (χ4n) is 3.39. The zero-order valence-electron chi connectivity index (χ0n) is 17.5. The summed E-state index contributed by atoms with van der Waals surface area (Å²) in [6.45, 7) is 1.74. The highest BCUT2D eigenvalue weighted by molar-refractivity contribution is 6.30. The molecule has 0 fully saturated rings. The molecule has 170 valence electrons. The second-order valence-corrected chi connectivity index (χ2v) is 7.75. The van der Waals surface area contributed by atoms with Gasteiger partial charge in [-0.15, -0.1) is 0 Å². The number of alkyl halides is 3. The van der Waals surface area contributed by atoms with Crippen molar-refractivity contribution in [3.05, 3.63) is 89.2 Å². The van der Waals surface area contributed by atoms with E-state index in [4.69, 9.17) is 11.6 Å². The van der Waals surface area contributed by atoms with Crippen molar-refractivity contribution in [3.63, 3.8) is 0 Å². The zero-order chi connectivity index (χ0) is 23.8. The Bertz CT molecular complexity index is 1250. The van der Waals surface area contributed by atoms with Crippen molar-refractivity contribution in [2.45, 2.75) is 19.1 Å². The van der Waals surface area contributed by atoms with Gasteiger partial charge in [-0.3, -0.25) is 4.79 Å². The van der Waals surface area contributed by atoms with E-state index in [0.29, 0.717) is 9.70 Å². The van der Waals surface area contributed by atoms with Crippen molar-refractivity contribution >= 4 is 17.5 Å². The summed E-state index contributed by atoms with van der Waals surface area (Å²) < 4.78 is 44.2. The van der Waals surface area contributed by atoms with Gasteiger partial charge in [0.15, 0.2) is 5.69 Å². The van der Waals surface area contributed by atoms with E-state index < -0.39 is 29.4 Å². The Morgan fingerprint density at radius 3 is 2.24 bits per heavy atom. The van der Waals surface area contributed by atoms with Gasteiger partial charge in [0.1, 0.15) is 12.7 Å². The van der Waals surface area contributed by atoms with E-state index in [2.05, 4.69) is 15.2 Å². The molecule has 0 aliphatic heterocycles. The quantitative estimate of drug-likeness (QED) is 0.410. The molecule has 0 bridgehead atoms. The van der Waals surface area contributed by atoms with Gasteiger partial charge >= 0.3 is 6.18 Å². The number of halogens is 4. The fraction of sp³-hybridized carbons (Fsp3) is 0.182. The minimum absolute atomic E-state index is 0.144. The molecule has 1 atom stereocenters. The monoisotopic (exact) mass is 474 g/mol. The summed E-state index contributed by atoms with van der Waals surface area (Å²) in [6, 6.07) is 12.4. The predicted molar refractivity (Wildman–Crippen MR) is 115 cm³/mol. The summed E-state index contributed by atoms with van der Waals surface area (Å²) in [7, 11) is 1.46. The third-order valence-corrected chi connectivity index (χ3v) is 5.55. The highest BCUT2D eigenvalue weighted by Crippen LogP contribution is 2.35. The lowest BCUT2D eigenvalue weighted by Gasteiger charge is -2.26. The van der Waals surface area contributed by atoms with Gasteiger partial charge in [0, 0.05) is 12.1 Å². The maximum atomic E-state index is 14.0. The van der Waals surface area contributed by atoms with Gasteiger partial charge in [0.2, 0.25) is 0 Å². The molecule has 0 aliphatic carbocycles. The SMILES string of the molecule is CC(c1ccc(-n2cncn2)cc1)N(C)C(=O)c1cnn(-c2ccc(Cl)cc2)c1C(F)(F)F. The Hall–Kier alpha value is -3.66. The lowest BCUT2D eigenvalue weighted by Crippen LogP contribution is -2.31. The molecular formula is C22H18ClF3N6O. The van der Waals surface area contributed by atoms with Crippen LogP contribution in [0.1, 0.15) is 34.6 Å². The maximum Gasteiger partial charge on any atom is 0.434 e. The van der Waals surface area contributed by atoms with E-state index in [1.165, 1.54) is 42.5 Å². The molecule has 1 unspecified atom stereocenters. The number of aromatic nitrogens is 5. The van der Waals surface area contributed by atoms with Gasteiger partial charge in [0.05, 0.1) is 29.2 Å². The third kappa shape index (κ3) is 4.47. The van der Waals surface area contributed by atoms with Crippen LogP contribution in [-0.2, 0) is 6.18 Å². The number of carbonyl (C=O) groups excluding carboxylic acids is 1. The van der Waals surface area contributed by atoms with Crippen molar-refractivity contribution in [1.82, 2.24) is 29.4 Å². The number of amides is 1. The van der Waals surface area contributed by atoms with E-state index in [0.717, 1.165) is 17.4 Å². The van der Waals surface area contributed by atoms with Gasteiger partial charge in [-0.1, -0.05) is 23.7 Å². The summed E-state index contributed by atoms with van der Waals surface area (Å²) in [4.78, 5) is 18.3. The highest BCUT2D eigenvalue weighted by Gasteiger charge is 2.41. The Kier molecular flexibility index (Phi) is 5.94. The first kappa shape index (κ1) is 22.5. The number of benzene rings is 2. The predicted octanol–water partition coefficient (Wildman–Crippen LogP) is 4.96. The van der Waals surface area contributed by atoms with Gasteiger partial charge in [-0.2, -0.15) is 23.4 Å². The molecular weight excluding hydrogens is 457 g/mol. The second-order valence-electron chi connectivity index (χ2n) is 7.32. The molecule has 33 heavy (non-hydrogen) atoms. The molecule has 0 radical (unpaired) electrons. The van der Waals surface area contributed by atoms with Crippen LogP contribution in [0.25, 0.3) is 11.4 Å². The molecule has 0 aliphatic rings. The molecule has 2 heterocycles. The molecule has 0 saturated heterocycles. The van der Waals surface area contributed by atoms with Crippen molar-refractivity contribution in [3.8, 4) is 11.4 Å². The topological polar surface area (TPSA) is 68.8 Å². The largest absolute Gasteiger partial charge is 0.434 e. The number of nitrogens with zero attached hydrogens (tertiary/aromatic N) is 6. The van der Waals surface area contributed by atoms with Crippen LogP contribution in [0, 0.1) is 0 Å². The first-order valence-electron chi connectivity index (χ1n) is 9.80. The number of carbonyl (C=O) groups is 1. The Morgan fingerprint density at radius 1 is 1.03 bits per heavy atom. The summed E-state index contributed by atoms with van der Waals surface area (Å²) in [5.74, 6) is -0.796. The second kappa shape index (κ2) is 8.70. The van der Waals surface area contributed by atoms with Crippen LogP contribution in [0.5, 0.6) is 0 Å². The van der Waals surface area contributed by atoms with Crippen LogP contribution in [0.3, 0.4) is 0 Å². The Balaban J connectivity index is 1.63. The first-order valence-corrected chi connectivity index (χ1v) is 10.2. The minimum Gasteiger partial charge on any atom is -0.335 e. The summed E-state index contributed by atoms with van der Waals surface area (Å²) >= 11 is 5.84. The highest BCUT2D eigenvalue weighted by atomic mass is 35.5. The molecule has 0 spiro atoms. The lowest BCUT2D eigenvalue weighted by atomic mass is 10.1. The zero-order valence-corrected chi connectivity index (χ0v) is 18.3. The minimum atomic E-state index is -4.80. The van der Waals surface area contributed by atoms with Crippen LogP contribution < -0.4 is 0 Å². The smallest absolute Gasteiger partial charge is 0.335 e. The molecule has 2 aromatic carbocycles.